The van der Waals surface area contributed by atoms with Gasteiger partial charge in [-0.25, -0.2) is 28.8 Å². The molecule has 0 fully saturated rings. The number of aryl methyl sites for hydroxylation is 1. The third kappa shape index (κ3) is 19.9. The number of aliphatic hydroxyl groups excluding tert-OH is 1. The Hall–Kier alpha value is -7.19. The second kappa shape index (κ2) is 30.8. The summed E-state index contributed by atoms with van der Waals surface area (Å²) in [6.45, 7) is 30.9. The highest BCUT2D eigenvalue weighted by Gasteiger charge is 2.34. The largest absolute Gasteiger partial charge is 1.00 e. The summed E-state index contributed by atoms with van der Waals surface area (Å²) in [5.41, 5.74) is 14.1. The van der Waals surface area contributed by atoms with Crippen molar-refractivity contribution in [2.75, 3.05) is 14.2 Å². The third-order valence-electron chi connectivity index (χ3n) is 14.3. The van der Waals surface area contributed by atoms with Gasteiger partial charge in [0.15, 0.2) is 0 Å². The molecule has 5 aromatic rings. The van der Waals surface area contributed by atoms with Crippen LogP contribution >= 0.6 is 15.9 Å². The molecule has 10 rings (SSSR count). The van der Waals surface area contributed by atoms with Gasteiger partial charge in [-0.05, 0) is 163 Å². The molecule has 0 aromatic heterocycles. The maximum absolute atomic E-state index is 12.1. The molecule has 88 heavy (non-hydrogen) atoms. The molecule has 478 valence electrons. The number of amides is 4. The van der Waals surface area contributed by atoms with Crippen LogP contribution in [-0.4, -0.2) is 97.6 Å². The monoisotopic (exact) mass is 1300 g/mol. The van der Waals surface area contributed by atoms with E-state index in [0.717, 1.165) is 58.2 Å². The van der Waals surface area contributed by atoms with E-state index < -0.39 is 22.4 Å². The number of carbonyl (C=O) groups is 6. The summed E-state index contributed by atoms with van der Waals surface area (Å²) in [6, 6.07) is 29.5. The molecule has 5 aromatic carbocycles. The molecule has 0 saturated heterocycles. The molecule has 0 radical (unpaired) electrons. The molecule has 0 saturated carbocycles. The smallest absolute Gasteiger partial charge is 0.410 e. The van der Waals surface area contributed by atoms with Crippen LogP contribution in [0.5, 0.6) is 0 Å². The van der Waals surface area contributed by atoms with Crippen molar-refractivity contribution in [1.82, 2.24) is 19.6 Å². The second-order valence-electron chi connectivity index (χ2n) is 25.7. The summed E-state index contributed by atoms with van der Waals surface area (Å²) in [7, 11) is 2.77. The number of rotatable bonds is 5. The number of alkyl halides is 1. The van der Waals surface area contributed by atoms with Crippen LogP contribution in [0.3, 0.4) is 0 Å². The van der Waals surface area contributed by atoms with Crippen molar-refractivity contribution in [1.29, 1.82) is 0 Å². The minimum atomic E-state index is -0.531. The Bertz CT molecular complexity index is 3080. The lowest BCUT2D eigenvalue weighted by atomic mass is 10.0. The number of nitrogens with two attached hydrogens (primary N) is 1. The molecule has 18 nitrogen and oxygen atoms in total. The van der Waals surface area contributed by atoms with Gasteiger partial charge in [0, 0.05) is 49.2 Å². The number of quaternary nitrogens is 1. The van der Waals surface area contributed by atoms with Gasteiger partial charge in [0.1, 0.15) is 35.5 Å². The lowest BCUT2D eigenvalue weighted by Crippen LogP contribution is -3.00. The van der Waals surface area contributed by atoms with E-state index in [9.17, 15) is 33.9 Å². The maximum atomic E-state index is 12.1. The van der Waals surface area contributed by atoms with E-state index in [2.05, 4.69) is 64.6 Å². The summed E-state index contributed by atoms with van der Waals surface area (Å²) in [5, 5.41) is 12.3. The highest BCUT2D eigenvalue weighted by atomic mass is 79.9. The van der Waals surface area contributed by atoms with Gasteiger partial charge in [-0.15, -0.1) is 0 Å². The molecule has 0 bridgehead atoms. The molecule has 20 heteroatoms. The zero-order valence-electron chi connectivity index (χ0n) is 53.8. The average Bonchev–Trinajstić information content (AvgIpc) is 3.58. The molecular weight excluding hydrogens is 1210 g/mol. The number of benzene rings is 5. The molecule has 4 amide bonds. The first-order chi connectivity index (χ1) is 40.9. The number of methoxy groups -OCH3 is 2. The van der Waals surface area contributed by atoms with Crippen molar-refractivity contribution in [3.05, 3.63) is 174 Å². The van der Waals surface area contributed by atoms with E-state index in [1.165, 1.54) is 53.2 Å². The normalized spacial score (nSPS) is 14.1. The van der Waals surface area contributed by atoms with E-state index in [0.29, 0.717) is 63.5 Å². The van der Waals surface area contributed by atoms with Crippen LogP contribution in [0.15, 0.2) is 91.0 Å². The standard InChI is InChI=1S/C15H19NO4.C15H21NO2.C14H18BrNO2.C14H19NO3.C10H11NO2.ClH/c1-15(2,3)20-14(18)16-8-10-6-5-7-11(12(10)9-16)13(17)19-4;1-5-11-7-6-8-12-9-16(10-13(11)12)14(17)18-15(2,3)4;1-14(2,3)18-13(17)16-8-11-6-4-5-10(7-15)12(11)9-16;1-14(2,3)18-13(17)15-7-10-5-4-6-11(9-16)12(10)8-15;1-13-10(12)8-4-2-3-7-5-11-6-9(7)8;/h5-7H,8-9H2,1-4H3;6-8H,5,9-10H2,1-4H3;4-6H,7-9H2,1-3H3;4-6,16H,7-9H2,1-3H3;2-4,11H,5-6H2,1H3;1H. The number of aliphatic hydroxyl groups is 1. The Morgan fingerprint density at radius 2 is 0.739 bits per heavy atom. The fourth-order valence-electron chi connectivity index (χ4n) is 10.4. The van der Waals surface area contributed by atoms with Gasteiger partial charge >= 0.3 is 36.3 Å². The van der Waals surface area contributed by atoms with Crippen LogP contribution in [0, 0.1) is 0 Å². The minimum absolute atomic E-state index is 0. The van der Waals surface area contributed by atoms with Crippen molar-refractivity contribution >= 4 is 52.2 Å². The zero-order chi connectivity index (χ0) is 64.2. The maximum Gasteiger partial charge on any atom is 0.410 e. The first-order valence-electron chi connectivity index (χ1n) is 29.4. The van der Waals surface area contributed by atoms with Gasteiger partial charge in [0.2, 0.25) is 0 Å². The highest BCUT2D eigenvalue weighted by Crippen LogP contribution is 2.32. The lowest BCUT2D eigenvalue weighted by Gasteiger charge is -2.24. The molecule has 0 aliphatic carbocycles. The Balaban J connectivity index is 0.000000201. The number of fused-ring (bicyclic) bond motifs is 5. The van der Waals surface area contributed by atoms with Crippen molar-refractivity contribution in [2.45, 2.75) is 196 Å². The SMILES string of the molecule is CC(C)(C)OC(=O)N1Cc2cccc(CBr)c2C1.CC(C)(C)OC(=O)N1Cc2cccc(CO)c2C1.CCc1cccc2c1CN(C(=O)OC(C)(C)C)C2.COC(=O)c1cccc2c1CN(C(=O)OC(C)(C)C)C2.COC(=O)c1cccc2c1C[NH2+]C2.[Cl-]. The summed E-state index contributed by atoms with van der Waals surface area (Å²) < 4.78 is 31.0. The van der Waals surface area contributed by atoms with E-state index in [4.69, 9.17) is 28.4 Å². The first-order valence-corrected chi connectivity index (χ1v) is 30.6. The molecule has 5 aliphatic rings. The first kappa shape index (κ1) is 71.6. The van der Waals surface area contributed by atoms with E-state index in [-0.39, 0.29) is 55.3 Å². The van der Waals surface area contributed by atoms with Gasteiger partial charge in [-0.3, -0.25) is 19.6 Å². The van der Waals surface area contributed by atoms with E-state index >= 15 is 0 Å². The summed E-state index contributed by atoms with van der Waals surface area (Å²) in [4.78, 5) is 77.9. The molecule has 5 heterocycles. The number of esters is 2. The fourth-order valence-corrected chi connectivity index (χ4v) is 10.9. The number of nitrogens with zero attached hydrogens (tertiary/aromatic N) is 4. The molecule has 3 N–H and O–H groups in total. The van der Waals surface area contributed by atoms with Crippen molar-refractivity contribution < 1.29 is 80.0 Å². The predicted octanol–water partition coefficient (Wildman–Crippen LogP) is 9.54. The van der Waals surface area contributed by atoms with E-state index in [1.807, 2.05) is 126 Å². The Labute approximate surface area is 534 Å². The summed E-state index contributed by atoms with van der Waals surface area (Å²) in [6.07, 6.45) is -0.127. The van der Waals surface area contributed by atoms with Crippen LogP contribution in [0.4, 0.5) is 19.2 Å². The summed E-state index contributed by atoms with van der Waals surface area (Å²) >= 11 is 3.48. The van der Waals surface area contributed by atoms with Gasteiger partial charge in [-0.1, -0.05) is 102 Å². The summed E-state index contributed by atoms with van der Waals surface area (Å²) in [5.74, 6) is -0.611. The molecule has 0 atom stereocenters. The van der Waals surface area contributed by atoms with Gasteiger partial charge in [0.25, 0.3) is 0 Å². The lowest BCUT2D eigenvalue weighted by molar-refractivity contribution is -0.676. The molecule has 0 spiro atoms. The quantitative estimate of drug-likeness (QED) is 0.0956. The van der Waals surface area contributed by atoms with Crippen molar-refractivity contribution in [3.63, 3.8) is 0 Å². The fraction of sp³-hybridized carbons (Fsp3) is 0.471. The number of halogens is 2. The third-order valence-corrected chi connectivity index (χ3v) is 14.9. The van der Waals surface area contributed by atoms with Crippen LogP contribution in [-0.2, 0) is 112 Å². The van der Waals surface area contributed by atoms with Gasteiger partial charge in [0.05, 0.1) is 51.6 Å². The van der Waals surface area contributed by atoms with E-state index in [1.54, 1.807) is 31.7 Å². The minimum Gasteiger partial charge on any atom is -1.00 e. The molecule has 5 aliphatic heterocycles. The number of carbonyl (C=O) groups excluding carboxylic acids is 6. The number of hydrogen-bond acceptors (Lipinski definition) is 13. The molecular formula is C68H89BrClN5O13. The van der Waals surface area contributed by atoms with Gasteiger partial charge in [-0.2, -0.15) is 0 Å². The average molecular weight is 1300 g/mol. The van der Waals surface area contributed by atoms with Crippen LogP contribution < -0.4 is 17.7 Å². The van der Waals surface area contributed by atoms with Crippen molar-refractivity contribution in [2.24, 2.45) is 0 Å². The van der Waals surface area contributed by atoms with Crippen molar-refractivity contribution in [3.8, 4) is 0 Å². The zero-order valence-corrected chi connectivity index (χ0v) is 56.2. The van der Waals surface area contributed by atoms with Gasteiger partial charge < -0.3 is 51.3 Å². The highest BCUT2D eigenvalue weighted by molar-refractivity contribution is 9.08. The second-order valence-corrected chi connectivity index (χ2v) is 26.3. The van der Waals surface area contributed by atoms with Crippen LogP contribution in [0.2, 0.25) is 0 Å². The topological polar surface area (TPSA) is 208 Å². The Kier molecular flexibility index (Phi) is 25.1. The predicted molar refractivity (Wildman–Crippen MR) is 334 cm³/mol. The van der Waals surface area contributed by atoms with Crippen LogP contribution in [0.25, 0.3) is 0 Å². The van der Waals surface area contributed by atoms with Crippen LogP contribution in [0.1, 0.15) is 183 Å². The Morgan fingerprint density at radius 1 is 0.432 bits per heavy atom. The number of ether oxygens (including phenoxy) is 6. The molecule has 0 unspecified atom stereocenters. The number of hydrogen-bond donors (Lipinski definition) is 2. The Morgan fingerprint density at radius 3 is 1.09 bits per heavy atom.